The van der Waals surface area contributed by atoms with Crippen molar-refractivity contribution in [1.29, 1.82) is 0 Å². The van der Waals surface area contributed by atoms with E-state index in [1.54, 1.807) is 13.3 Å². The van der Waals surface area contributed by atoms with Gasteiger partial charge in [-0.3, -0.25) is 4.98 Å². The van der Waals surface area contributed by atoms with Gasteiger partial charge >= 0.3 is 0 Å². The Hall–Kier alpha value is -1.35. The van der Waals surface area contributed by atoms with Gasteiger partial charge in [0.25, 0.3) is 0 Å². The minimum atomic E-state index is 0.294. The van der Waals surface area contributed by atoms with Crippen LogP contribution in [-0.4, -0.2) is 18.6 Å². The Morgan fingerprint density at radius 1 is 1.54 bits per heavy atom. The molecule has 2 heterocycles. The molecule has 0 saturated heterocycles. The summed E-state index contributed by atoms with van der Waals surface area (Å²) in [6, 6.07) is 2.29. The molecule has 1 aromatic heterocycles. The monoisotopic (exact) mass is 176 g/mol. The van der Waals surface area contributed by atoms with Crippen LogP contribution in [0.2, 0.25) is 0 Å². The molecule has 3 nitrogen and oxygen atoms in total. The fourth-order valence-corrected chi connectivity index (χ4v) is 1.41. The molecular weight excluding hydrogens is 164 g/mol. The van der Waals surface area contributed by atoms with E-state index < -0.39 is 0 Å². The summed E-state index contributed by atoms with van der Waals surface area (Å²) >= 11 is 0. The molecule has 0 spiro atoms. The molecule has 0 fully saturated rings. The number of pyridine rings is 1. The van der Waals surface area contributed by atoms with E-state index in [-0.39, 0.29) is 0 Å². The first kappa shape index (κ1) is 8.26. The third-order valence-electron chi connectivity index (χ3n) is 2.11. The van der Waals surface area contributed by atoms with Gasteiger partial charge in [0.15, 0.2) is 0 Å². The molecule has 0 aromatic carbocycles. The molecule has 0 bridgehead atoms. The van der Waals surface area contributed by atoms with E-state index in [2.05, 4.69) is 22.5 Å². The predicted octanol–water partition coefficient (Wildman–Crippen LogP) is 1.29. The Kier molecular flexibility index (Phi) is 2.27. The molecule has 3 heteroatoms. The highest BCUT2D eigenvalue weighted by Crippen LogP contribution is 2.20. The molecule has 1 unspecified atom stereocenters. The first-order chi connectivity index (χ1) is 6.40. The summed E-state index contributed by atoms with van der Waals surface area (Å²) in [5, 5.41) is 3.32. The Balaban J connectivity index is 2.24. The van der Waals surface area contributed by atoms with Crippen molar-refractivity contribution in [1.82, 2.24) is 10.3 Å². The molecule has 1 aromatic rings. The van der Waals surface area contributed by atoms with Gasteiger partial charge in [-0.1, -0.05) is 12.2 Å². The maximum absolute atomic E-state index is 5.10. The van der Waals surface area contributed by atoms with Crippen LogP contribution in [-0.2, 0) is 0 Å². The summed E-state index contributed by atoms with van der Waals surface area (Å²) in [6.45, 7) is 0.932. The minimum absolute atomic E-state index is 0.294. The number of aromatic nitrogens is 1. The highest BCUT2D eigenvalue weighted by molar-refractivity contribution is 5.29. The second-order valence-electron chi connectivity index (χ2n) is 2.97. The zero-order valence-corrected chi connectivity index (χ0v) is 7.53. The Bertz CT molecular complexity index is 322. The maximum atomic E-state index is 5.10. The van der Waals surface area contributed by atoms with E-state index in [1.165, 1.54) is 0 Å². The third-order valence-corrected chi connectivity index (χ3v) is 2.11. The molecule has 0 saturated carbocycles. The van der Waals surface area contributed by atoms with Crippen LogP contribution in [0, 0.1) is 0 Å². The first-order valence-electron chi connectivity index (χ1n) is 4.29. The molecular formula is C10H12N2O. The van der Waals surface area contributed by atoms with Gasteiger partial charge in [-0.25, -0.2) is 0 Å². The number of nitrogens with zero attached hydrogens (tertiary/aromatic N) is 1. The smallest absolute Gasteiger partial charge is 0.137 e. The second-order valence-corrected chi connectivity index (χ2v) is 2.97. The average molecular weight is 176 g/mol. The molecule has 0 aliphatic carbocycles. The average Bonchev–Trinajstić information content (AvgIpc) is 2.71. The lowest BCUT2D eigenvalue weighted by molar-refractivity contribution is 0.412. The van der Waals surface area contributed by atoms with E-state index in [1.807, 2.05) is 12.3 Å². The molecule has 0 radical (unpaired) electrons. The van der Waals surface area contributed by atoms with Crippen molar-refractivity contribution in [3.8, 4) is 5.75 Å². The molecule has 0 amide bonds. The predicted molar refractivity (Wildman–Crippen MR) is 50.7 cm³/mol. The topological polar surface area (TPSA) is 34.1 Å². The largest absolute Gasteiger partial charge is 0.495 e. The molecule has 1 aliphatic heterocycles. The van der Waals surface area contributed by atoms with Gasteiger partial charge in [-0.05, 0) is 11.6 Å². The van der Waals surface area contributed by atoms with Gasteiger partial charge in [0.2, 0.25) is 0 Å². The van der Waals surface area contributed by atoms with Crippen LogP contribution >= 0.6 is 0 Å². The zero-order valence-electron chi connectivity index (χ0n) is 7.53. The number of methoxy groups -OCH3 is 1. The first-order valence-corrected chi connectivity index (χ1v) is 4.29. The Morgan fingerprint density at radius 2 is 2.46 bits per heavy atom. The van der Waals surface area contributed by atoms with Gasteiger partial charge in [0, 0.05) is 12.7 Å². The van der Waals surface area contributed by atoms with Crippen LogP contribution in [0.4, 0.5) is 0 Å². The van der Waals surface area contributed by atoms with E-state index in [0.717, 1.165) is 17.9 Å². The van der Waals surface area contributed by atoms with Crippen molar-refractivity contribution in [2.24, 2.45) is 0 Å². The fourth-order valence-electron chi connectivity index (χ4n) is 1.41. The summed E-state index contributed by atoms with van der Waals surface area (Å²) in [4.78, 5) is 4.10. The lowest BCUT2D eigenvalue weighted by Gasteiger charge is -2.09. The normalized spacial score (nSPS) is 20.5. The van der Waals surface area contributed by atoms with Crippen molar-refractivity contribution in [2.75, 3.05) is 13.7 Å². The van der Waals surface area contributed by atoms with Gasteiger partial charge in [0.1, 0.15) is 5.75 Å². The Morgan fingerprint density at radius 3 is 3.15 bits per heavy atom. The van der Waals surface area contributed by atoms with Gasteiger partial charge in [-0.2, -0.15) is 0 Å². The maximum Gasteiger partial charge on any atom is 0.137 e. The third kappa shape index (κ3) is 1.70. The number of ether oxygens (including phenoxy) is 1. The van der Waals surface area contributed by atoms with Gasteiger partial charge in [-0.15, -0.1) is 0 Å². The lowest BCUT2D eigenvalue weighted by Crippen LogP contribution is -2.13. The lowest BCUT2D eigenvalue weighted by atomic mass is 10.1. The molecule has 68 valence electrons. The van der Waals surface area contributed by atoms with Crippen LogP contribution < -0.4 is 10.1 Å². The quantitative estimate of drug-likeness (QED) is 0.689. The highest BCUT2D eigenvalue weighted by Gasteiger charge is 2.11. The van der Waals surface area contributed by atoms with Crippen LogP contribution in [0.25, 0.3) is 0 Å². The number of hydrogen-bond acceptors (Lipinski definition) is 3. The van der Waals surface area contributed by atoms with Crippen LogP contribution in [0.5, 0.6) is 5.75 Å². The fraction of sp³-hybridized carbons (Fsp3) is 0.300. The molecule has 1 atom stereocenters. The summed E-state index contributed by atoms with van der Waals surface area (Å²) in [7, 11) is 1.65. The van der Waals surface area contributed by atoms with Crippen molar-refractivity contribution in [3.05, 3.63) is 36.2 Å². The molecule has 1 N–H and O–H groups in total. The summed E-state index contributed by atoms with van der Waals surface area (Å²) in [6.07, 6.45) is 7.82. The van der Waals surface area contributed by atoms with Crippen molar-refractivity contribution in [2.45, 2.75) is 6.04 Å². The van der Waals surface area contributed by atoms with Crippen molar-refractivity contribution >= 4 is 0 Å². The van der Waals surface area contributed by atoms with Gasteiger partial charge in [0.05, 0.1) is 19.3 Å². The molecule has 13 heavy (non-hydrogen) atoms. The minimum Gasteiger partial charge on any atom is -0.495 e. The van der Waals surface area contributed by atoms with Gasteiger partial charge < -0.3 is 10.1 Å². The van der Waals surface area contributed by atoms with E-state index in [4.69, 9.17) is 4.74 Å². The zero-order chi connectivity index (χ0) is 9.10. The second kappa shape index (κ2) is 3.58. The number of hydrogen-bond donors (Lipinski definition) is 1. The molecule has 1 aliphatic rings. The van der Waals surface area contributed by atoms with E-state index in [9.17, 15) is 0 Å². The summed E-state index contributed by atoms with van der Waals surface area (Å²) in [5.41, 5.74) is 1.15. The number of rotatable bonds is 2. The van der Waals surface area contributed by atoms with Crippen LogP contribution in [0.1, 0.15) is 11.6 Å². The van der Waals surface area contributed by atoms with E-state index in [0.29, 0.717) is 6.04 Å². The standard InChI is InChI=1S/C10H12N2O/c1-13-9-5-8(6-11-7-9)10-3-2-4-12-10/h2-3,5-7,10,12H,4H2,1H3. The van der Waals surface area contributed by atoms with E-state index >= 15 is 0 Å². The van der Waals surface area contributed by atoms with Crippen LogP contribution in [0.3, 0.4) is 0 Å². The van der Waals surface area contributed by atoms with Crippen LogP contribution in [0.15, 0.2) is 30.6 Å². The van der Waals surface area contributed by atoms with Crippen molar-refractivity contribution < 1.29 is 4.74 Å². The SMILES string of the molecule is COc1cncc(C2C=CCN2)c1. The van der Waals surface area contributed by atoms with Crippen molar-refractivity contribution in [3.63, 3.8) is 0 Å². The highest BCUT2D eigenvalue weighted by atomic mass is 16.5. The summed E-state index contributed by atoms with van der Waals surface area (Å²) in [5.74, 6) is 0.805. The molecule has 2 rings (SSSR count). The number of nitrogens with one attached hydrogen (secondary N) is 1. The summed E-state index contributed by atoms with van der Waals surface area (Å²) < 4.78 is 5.10. The Labute approximate surface area is 77.4 Å².